The van der Waals surface area contributed by atoms with Gasteiger partial charge < -0.3 is 40.3 Å². The van der Waals surface area contributed by atoms with E-state index in [-0.39, 0.29) is 54.1 Å². The van der Waals surface area contributed by atoms with Gasteiger partial charge in [0.15, 0.2) is 12.4 Å². The number of benzene rings is 2. The van der Waals surface area contributed by atoms with Gasteiger partial charge in [0.1, 0.15) is 0 Å². The van der Waals surface area contributed by atoms with Gasteiger partial charge in [0.25, 0.3) is 5.91 Å². The SMILES string of the molecule is CCCCOC(O)[C@H]1CCCN(C2CCN(C(=O)[C@@H](Cc3cc(Cl)c(N)c(C(F)(F)F)c3)OC(=O)N3CCC(N4CCc5ccccc5NC4=O)CC3)CC2)C1. The first kappa shape index (κ1) is 41.8. The number of carbonyl (C=O) groups excluding carboxylic acids is 3. The third kappa shape index (κ3) is 10.2. The lowest BCUT2D eigenvalue weighted by atomic mass is 9.93. The lowest BCUT2D eigenvalue weighted by molar-refractivity contribution is -0.150. The maximum Gasteiger partial charge on any atom is 0.418 e. The molecule has 0 aliphatic carbocycles. The van der Waals surface area contributed by atoms with E-state index in [1.165, 1.54) is 11.0 Å². The number of hydrogen-bond acceptors (Lipinski definition) is 8. The van der Waals surface area contributed by atoms with E-state index >= 15 is 0 Å². The molecule has 4 N–H and O–H groups in total. The Kier molecular flexibility index (Phi) is 13.9. The molecule has 0 aromatic heterocycles. The van der Waals surface area contributed by atoms with Gasteiger partial charge in [-0.05, 0) is 87.2 Å². The van der Waals surface area contributed by atoms with Crippen molar-refractivity contribution in [2.75, 3.05) is 63.5 Å². The summed E-state index contributed by atoms with van der Waals surface area (Å²) < 4.78 is 53.3. The van der Waals surface area contributed by atoms with Crippen LogP contribution in [0.5, 0.6) is 0 Å². The zero-order valence-electron chi connectivity index (χ0n) is 31.9. The Labute approximate surface area is 331 Å². The Morgan fingerprint density at radius 3 is 2.41 bits per heavy atom. The van der Waals surface area contributed by atoms with Gasteiger partial charge in [0, 0.05) is 76.0 Å². The molecule has 16 heteroatoms. The van der Waals surface area contributed by atoms with Crippen LogP contribution in [0.2, 0.25) is 5.02 Å². The van der Waals surface area contributed by atoms with Crippen LogP contribution in [0.3, 0.4) is 0 Å². The van der Waals surface area contributed by atoms with Gasteiger partial charge in [-0.2, -0.15) is 13.2 Å². The fraction of sp³-hybridized carbons (Fsp3) is 0.625. The molecule has 4 aliphatic rings. The maximum atomic E-state index is 14.2. The number of alkyl halides is 3. The zero-order chi connectivity index (χ0) is 40.0. The quantitative estimate of drug-likeness (QED) is 0.135. The molecule has 4 aliphatic heterocycles. The number of piperidine rings is 3. The molecule has 4 amide bonds. The van der Waals surface area contributed by atoms with Gasteiger partial charge >= 0.3 is 18.3 Å². The summed E-state index contributed by atoms with van der Waals surface area (Å²) in [5, 5.41) is 13.3. The number of amides is 4. The monoisotopic (exact) mass is 806 g/mol. The van der Waals surface area contributed by atoms with Crippen LogP contribution in [-0.4, -0.2) is 120 Å². The molecule has 3 fully saturated rings. The van der Waals surface area contributed by atoms with E-state index in [1.807, 2.05) is 24.3 Å². The molecule has 0 saturated carbocycles. The number of nitrogens with two attached hydrogens (primary N) is 1. The van der Waals surface area contributed by atoms with Crippen molar-refractivity contribution in [3.8, 4) is 0 Å². The van der Waals surface area contributed by atoms with Crippen molar-refractivity contribution in [3.63, 3.8) is 0 Å². The minimum absolute atomic E-state index is 0.00102. The summed E-state index contributed by atoms with van der Waals surface area (Å²) >= 11 is 6.14. The van der Waals surface area contributed by atoms with E-state index in [0.29, 0.717) is 64.9 Å². The fourth-order valence-electron chi connectivity index (χ4n) is 8.46. The largest absolute Gasteiger partial charge is 0.436 e. The number of ether oxygens (including phenoxy) is 2. The van der Waals surface area contributed by atoms with E-state index in [4.69, 9.17) is 26.8 Å². The Morgan fingerprint density at radius 1 is 1.00 bits per heavy atom. The Bertz CT molecular complexity index is 1690. The Hall–Kier alpha value is -3.79. The first-order valence-corrected chi connectivity index (χ1v) is 20.3. The second-order valence-corrected chi connectivity index (χ2v) is 15.8. The molecule has 0 spiro atoms. The smallest absolute Gasteiger partial charge is 0.418 e. The molecule has 3 atom stereocenters. The average molecular weight is 807 g/mol. The van der Waals surface area contributed by atoms with E-state index < -0.39 is 41.8 Å². The summed E-state index contributed by atoms with van der Waals surface area (Å²) in [5.41, 5.74) is 5.84. The van der Waals surface area contributed by atoms with Crippen molar-refractivity contribution in [3.05, 3.63) is 58.1 Å². The second-order valence-electron chi connectivity index (χ2n) is 15.4. The molecular formula is C40H54ClF3N6O6. The first-order valence-electron chi connectivity index (χ1n) is 19.9. The number of nitrogens with one attached hydrogen (secondary N) is 1. The topological polar surface area (TPSA) is 141 Å². The molecule has 1 unspecified atom stereocenters. The molecule has 3 saturated heterocycles. The molecule has 0 radical (unpaired) electrons. The lowest BCUT2D eigenvalue weighted by Gasteiger charge is -2.43. The molecule has 0 bridgehead atoms. The number of fused-ring (bicyclic) bond motifs is 1. The standard InChI is InChI=1S/C40H54ClF3N6O6/c1-2-3-21-55-37(52)28-8-6-15-49(25-28)29-11-16-47(17-12-29)36(51)34(24-26-22-31(40(42,43)44)35(45)32(41)23-26)56-39(54)48-18-13-30(14-19-48)50-20-10-27-7-4-5-9-33(27)46-38(50)53/h4-5,7,9,22-23,28-30,34,37,52H,2-3,6,8,10-21,24-25,45H2,1H3,(H,46,53)/t28-,34+,37?/m0/s1. The van der Waals surface area contributed by atoms with Crippen molar-refractivity contribution < 1.29 is 42.1 Å². The average Bonchev–Trinajstić information content (AvgIpc) is 3.36. The Balaban J connectivity index is 1.10. The summed E-state index contributed by atoms with van der Waals surface area (Å²) in [6, 6.07) is 9.67. The Morgan fingerprint density at radius 2 is 1.70 bits per heavy atom. The summed E-state index contributed by atoms with van der Waals surface area (Å²) in [4.78, 5) is 48.2. The maximum absolute atomic E-state index is 14.2. The molecule has 12 nitrogen and oxygen atoms in total. The molecule has 308 valence electrons. The van der Waals surface area contributed by atoms with Crippen molar-refractivity contribution >= 4 is 41.0 Å². The number of rotatable bonds is 11. The number of anilines is 2. The van der Waals surface area contributed by atoms with Crippen LogP contribution in [0.4, 0.5) is 34.1 Å². The highest BCUT2D eigenvalue weighted by Crippen LogP contribution is 2.38. The predicted octanol–water partition coefficient (Wildman–Crippen LogP) is 6.38. The first-order chi connectivity index (χ1) is 26.8. The minimum atomic E-state index is -4.79. The van der Waals surface area contributed by atoms with Crippen molar-refractivity contribution in [2.24, 2.45) is 5.92 Å². The number of likely N-dealkylation sites (tertiary alicyclic amines) is 3. The number of aliphatic hydroxyl groups is 1. The van der Waals surface area contributed by atoms with Crippen LogP contribution in [0.15, 0.2) is 36.4 Å². The molecule has 2 aromatic rings. The number of nitrogens with zero attached hydrogens (tertiary/aromatic N) is 4. The van der Waals surface area contributed by atoms with Gasteiger partial charge in [-0.3, -0.25) is 9.69 Å². The molecule has 2 aromatic carbocycles. The highest BCUT2D eigenvalue weighted by atomic mass is 35.5. The van der Waals surface area contributed by atoms with Crippen LogP contribution in [0.25, 0.3) is 0 Å². The minimum Gasteiger partial charge on any atom is -0.436 e. The summed E-state index contributed by atoms with van der Waals surface area (Å²) in [7, 11) is 0. The summed E-state index contributed by atoms with van der Waals surface area (Å²) in [5.74, 6) is -0.494. The third-order valence-electron chi connectivity index (χ3n) is 11.7. The predicted molar refractivity (Wildman–Crippen MR) is 206 cm³/mol. The van der Waals surface area contributed by atoms with Gasteiger partial charge in [-0.25, -0.2) is 9.59 Å². The third-order valence-corrected chi connectivity index (χ3v) is 12.0. The van der Waals surface area contributed by atoms with E-state index in [9.17, 15) is 32.7 Å². The van der Waals surface area contributed by atoms with E-state index in [2.05, 4.69) is 17.1 Å². The number of halogens is 4. The van der Waals surface area contributed by atoms with Crippen LogP contribution in [0, 0.1) is 5.92 Å². The van der Waals surface area contributed by atoms with Crippen LogP contribution in [0.1, 0.15) is 75.0 Å². The van der Waals surface area contributed by atoms with Crippen molar-refractivity contribution in [2.45, 2.75) is 102 Å². The number of unbranched alkanes of at least 4 members (excludes halogenated alkanes) is 1. The van der Waals surface area contributed by atoms with E-state index in [1.54, 1.807) is 9.80 Å². The fourth-order valence-corrected chi connectivity index (χ4v) is 8.70. The van der Waals surface area contributed by atoms with Gasteiger partial charge in [-0.1, -0.05) is 43.1 Å². The van der Waals surface area contributed by atoms with Gasteiger partial charge in [0.2, 0.25) is 0 Å². The highest BCUT2D eigenvalue weighted by Gasteiger charge is 2.39. The van der Waals surface area contributed by atoms with Crippen LogP contribution < -0.4 is 11.1 Å². The molecule has 56 heavy (non-hydrogen) atoms. The van der Waals surface area contributed by atoms with E-state index in [0.717, 1.165) is 49.5 Å². The van der Waals surface area contributed by atoms with Gasteiger partial charge in [0.05, 0.1) is 16.3 Å². The second kappa shape index (κ2) is 18.6. The van der Waals surface area contributed by atoms with Crippen LogP contribution >= 0.6 is 11.6 Å². The summed E-state index contributed by atoms with van der Waals surface area (Å²) in [6.45, 7) is 5.98. The normalized spacial score (nSPS) is 21.6. The number of aliphatic hydroxyl groups excluding tert-OH is 1. The van der Waals surface area contributed by atoms with Gasteiger partial charge in [-0.15, -0.1) is 0 Å². The zero-order valence-corrected chi connectivity index (χ0v) is 32.7. The number of hydrogen-bond donors (Lipinski definition) is 3. The summed E-state index contributed by atoms with van der Waals surface area (Å²) in [6.07, 6.45) is -1.44. The number of nitrogen functional groups attached to an aromatic ring is 1. The van der Waals surface area contributed by atoms with Crippen LogP contribution in [-0.2, 0) is 33.3 Å². The van der Waals surface area contributed by atoms with Crippen molar-refractivity contribution in [1.82, 2.24) is 19.6 Å². The number of para-hydroxylation sites is 1. The highest BCUT2D eigenvalue weighted by molar-refractivity contribution is 6.33. The molecule has 6 rings (SSSR count). The number of urea groups is 1. The lowest BCUT2D eigenvalue weighted by Crippen LogP contribution is -2.54. The molecular weight excluding hydrogens is 753 g/mol. The molecule has 4 heterocycles. The van der Waals surface area contributed by atoms with Crippen molar-refractivity contribution in [1.29, 1.82) is 0 Å². The number of carbonyl (C=O) groups is 3.